The van der Waals surface area contributed by atoms with Gasteiger partial charge in [-0.25, -0.2) is 18.2 Å². The highest BCUT2D eigenvalue weighted by Crippen LogP contribution is 2.18. The quantitative estimate of drug-likeness (QED) is 0.640. The summed E-state index contributed by atoms with van der Waals surface area (Å²) in [5.41, 5.74) is 1.15. The Hall–Kier alpha value is -2.80. The molecule has 134 valence electrons. The zero-order chi connectivity index (χ0) is 18.9. The Morgan fingerprint density at radius 3 is 2.46 bits per heavy atom. The summed E-state index contributed by atoms with van der Waals surface area (Å²) in [6.45, 7) is 3.46. The van der Waals surface area contributed by atoms with E-state index in [1.807, 2.05) is 19.1 Å². The Morgan fingerprint density at radius 1 is 1.12 bits per heavy atom. The fourth-order valence-electron chi connectivity index (χ4n) is 2.49. The van der Waals surface area contributed by atoms with Crippen LogP contribution < -0.4 is 5.63 Å². The summed E-state index contributed by atoms with van der Waals surface area (Å²) in [4.78, 5) is 28.7. The summed E-state index contributed by atoms with van der Waals surface area (Å²) in [5.74, 6) is -0.310. The molecule has 3 rings (SSSR count). The third kappa shape index (κ3) is 3.57. The molecule has 0 radical (unpaired) electrons. The molecule has 6 nitrogen and oxygen atoms in total. The van der Waals surface area contributed by atoms with E-state index >= 15 is 0 Å². The van der Waals surface area contributed by atoms with Crippen molar-refractivity contribution in [1.29, 1.82) is 0 Å². The zero-order valence-corrected chi connectivity index (χ0v) is 15.2. The van der Waals surface area contributed by atoms with Crippen molar-refractivity contribution in [1.82, 2.24) is 4.98 Å². The molecule has 0 unspecified atom stereocenters. The van der Waals surface area contributed by atoms with Crippen molar-refractivity contribution in [2.75, 3.05) is 5.75 Å². The Balaban J connectivity index is 2.00. The first kappa shape index (κ1) is 18.0. The van der Waals surface area contributed by atoms with Crippen molar-refractivity contribution in [2.45, 2.75) is 25.2 Å². The zero-order valence-electron chi connectivity index (χ0n) is 14.4. The van der Waals surface area contributed by atoms with Crippen molar-refractivity contribution in [3.8, 4) is 0 Å². The van der Waals surface area contributed by atoms with Crippen LogP contribution in [-0.2, 0) is 16.3 Å². The van der Waals surface area contributed by atoms with Gasteiger partial charge in [-0.2, -0.15) is 0 Å². The number of aromatic nitrogens is 1. The topological polar surface area (TPSA) is 94.3 Å². The van der Waals surface area contributed by atoms with Gasteiger partial charge in [0.1, 0.15) is 11.2 Å². The number of aryl methyl sites for hydroxylation is 1. The lowest BCUT2D eigenvalue weighted by Gasteiger charge is -2.05. The predicted molar refractivity (Wildman–Crippen MR) is 97.2 cm³/mol. The summed E-state index contributed by atoms with van der Waals surface area (Å²) in [7, 11) is -3.41. The summed E-state index contributed by atoms with van der Waals surface area (Å²) < 4.78 is 29.2. The number of ketones is 1. The second-order valence-electron chi connectivity index (χ2n) is 5.95. The highest BCUT2D eigenvalue weighted by molar-refractivity contribution is 7.91. The van der Waals surface area contributed by atoms with E-state index in [4.69, 9.17) is 4.42 Å². The Labute approximate surface area is 150 Å². The molecule has 0 aliphatic heterocycles. The maximum Gasteiger partial charge on any atom is 0.358 e. The second kappa shape index (κ2) is 6.84. The number of benzene rings is 2. The molecule has 3 aromatic rings. The summed E-state index contributed by atoms with van der Waals surface area (Å²) in [6, 6.07) is 11.1. The van der Waals surface area contributed by atoms with Gasteiger partial charge in [-0.15, -0.1) is 0 Å². The highest BCUT2D eigenvalue weighted by Gasteiger charge is 2.16. The molecule has 0 saturated carbocycles. The van der Waals surface area contributed by atoms with Gasteiger partial charge in [0.15, 0.2) is 21.2 Å². The van der Waals surface area contributed by atoms with Crippen LogP contribution in [0.4, 0.5) is 0 Å². The smallest absolute Gasteiger partial charge is 0.358 e. The number of rotatable bonds is 5. The third-order valence-corrected chi connectivity index (χ3v) is 5.80. The molecule has 2 aromatic carbocycles. The Kier molecular flexibility index (Phi) is 4.73. The van der Waals surface area contributed by atoms with E-state index in [1.165, 1.54) is 18.2 Å². The maximum atomic E-state index is 12.4. The van der Waals surface area contributed by atoms with Gasteiger partial charge in [0, 0.05) is 5.56 Å². The number of hydrogen-bond donors (Lipinski definition) is 0. The third-order valence-electron chi connectivity index (χ3n) is 4.06. The number of nitrogens with zero attached hydrogens (tertiary/aromatic N) is 1. The van der Waals surface area contributed by atoms with Crippen LogP contribution in [0.2, 0.25) is 0 Å². The van der Waals surface area contributed by atoms with Crippen molar-refractivity contribution in [2.24, 2.45) is 0 Å². The van der Waals surface area contributed by atoms with E-state index in [-0.39, 0.29) is 39.6 Å². The van der Waals surface area contributed by atoms with E-state index in [1.54, 1.807) is 19.1 Å². The molecule has 0 aliphatic rings. The number of Topliss-reactive ketones (excluding diaryl/α,β-unsaturated/α-hetero) is 1. The first-order valence-electron chi connectivity index (χ1n) is 8.06. The molecule has 0 saturated heterocycles. The molecule has 1 aromatic heterocycles. The van der Waals surface area contributed by atoms with E-state index in [0.29, 0.717) is 5.56 Å². The predicted octanol–water partition coefficient (Wildman–Crippen LogP) is 2.72. The number of sulfone groups is 1. The van der Waals surface area contributed by atoms with Crippen LogP contribution in [0.5, 0.6) is 0 Å². The normalized spacial score (nSPS) is 11.6. The lowest BCUT2D eigenvalue weighted by Crippen LogP contribution is -2.16. The van der Waals surface area contributed by atoms with Gasteiger partial charge in [-0.1, -0.05) is 36.8 Å². The molecule has 0 atom stereocenters. The van der Waals surface area contributed by atoms with E-state index in [9.17, 15) is 18.0 Å². The minimum Gasteiger partial charge on any atom is -0.420 e. The number of fused-ring (bicyclic) bond motifs is 1. The molecule has 0 aliphatic carbocycles. The van der Waals surface area contributed by atoms with Crippen molar-refractivity contribution in [3.05, 3.63) is 69.7 Å². The molecule has 1 heterocycles. The van der Waals surface area contributed by atoms with Gasteiger partial charge < -0.3 is 4.42 Å². The van der Waals surface area contributed by atoms with Crippen LogP contribution >= 0.6 is 0 Å². The van der Waals surface area contributed by atoms with Gasteiger partial charge in [0.2, 0.25) is 0 Å². The monoisotopic (exact) mass is 371 g/mol. The fraction of sp³-hybridized carbons (Fsp3) is 0.211. The second-order valence-corrected chi connectivity index (χ2v) is 8.23. The molecular weight excluding hydrogens is 354 g/mol. The average molecular weight is 371 g/mol. The van der Waals surface area contributed by atoms with Crippen molar-refractivity contribution in [3.63, 3.8) is 0 Å². The summed E-state index contributed by atoms with van der Waals surface area (Å²) >= 11 is 0. The first-order chi connectivity index (χ1) is 12.3. The van der Waals surface area contributed by atoms with Crippen LogP contribution in [0.1, 0.15) is 28.5 Å². The van der Waals surface area contributed by atoms with Crippen LogP contribution in [-0.4, -0.2) is 24.9 Å². The van der Waals surface area contributed by atoms with Gasteiger partial charge >= 0.3 is 5.63 Å². The largest absolute Gasteiger partial charge is 0.420 e. The molecule has 0 fully saturated rings. The van der Waals surface area contributed by atoms with Gasteiger partial charge in [-0.05, 0) is 25.1 Å². The molecule has 0 spiro atoms. The van der Waals surface area contributed by atoms with Gasteiger partial charge in [0.05, 0.1) is 17.1 Å². The lowest BCUT2D eigenvalue weighted by molar-refractivity contribution is 0.0991. The van der Waals surface area contributed by atoms with Crippen LogP contribution in [0.25, 0.3) is 11.1 Å². The standard InChI is InChI=1S/C19H17NO5S/c1-3-26(23,24)14-8-9-18-15(10-14)20-16(19(22)25-18)11-17(21)13-6-4-12(2)5-7-13/h4-10H,3,11H2,1-2H3. The van der Waals surface area contributed by atoms with E-state index in [0.717, 1.165) is 5.56 Å². The highest BCUT2D eigenvalue weighted by atomic mass is 32.2. The molecule has 26 heavy (non-hydrogen) atoms. The molecule has 7 heteroatoms. The van der Waals surface area contributed by atoms with Crippen LogP contribution in [0.3, 0.4) is 0 Å². The van der Waals surface area contributed by atoms with Gasteiger partial charge in [0.25, 0.3) is 0 Å². The summed E-state index contributed by atoms with van der Waals surface area (Å²) in [5, 5.41) is 0. The summed E-state index contributed by atoms with van der Waals surface area (Å²) in [6.07, 6.45) is -0.216. The van der Waals surface area contributed by atoms with E-state index in [2.05, 4.69) is 4.98 Å². The van der Waals surface area contributed by atoms with Crippen LogP contribution in [0, 0.1) is 6.92 Å². The molecule has 0 amide bonds. The minimum atomic E-state index is -3.41. The molecular formula is C19H17NO5S. The SMILES string of the molecule is CCS(=O)(=O)c1ccc2oc(=O)c(CC(=O)c3ccc(C)cc3)nc2c1. The van der Waals surface area contributed by atoms with Crippen molar-refractivity contribution >= 4 is 26.7 Å². The Bertz CT molecular complexity index is 1140. The lowest BCUT2D eigenvalue weighted by atomic mass is 10.1. The Morgan fingerprint density at radius 2 is 1.81 bits per heavy atom. The van der Waals surface area contributed by atoms with Crippen molar-refractivity contribution < 1.29 is 17.6 Å². The first-order valence-corrected chi connectivity index (χ1v) is 9.72. The number of hydrogen-bond acceptors (Lipinski definition) is 6. The average Bonchev–Trinajstić information content (AvgIpc) is 2.62. The van der Waals surface area contributed by atoms with Crippen LogP contribution in [0.15, 0.2) is 56.6 Å². The molecule has 0 N–H and O–H groups in total. The minimum absolute atomic E-state index is 0.0471. The van der Waals surface area contributed by atoms with Gasteiger partial charge in [-0.3, -0.25) is 4.79 Å². The number of carbonyl (C=O) groups excluding carboxylic acids is 1. The van der Waals surface area contributed by atoms with E-state index < -0.39 is 15.5 Å². The maximum absolute atomic E-state index is 12.4. The fourth-order valence-corrected chi connectivity index (χ4v) is 3.39. The molecule has 0 bridgehead atoms. The number of carbonyl (C=O) groups is 1.